The molecular weight excluding hydrogens is 777 g/mol. The molecule has 12 heteroatoms. The largest absolute Gasteiger partial charge is 0.444 e. The number of piperidine rings is 2. The maximum absolute atomic E-state index is 14.4. The van der Waals surface area contributed by atoms with Crippen LogP contribution in [0.3, 0.4) is 0 Å². The molecule has 0 bridgehead atoms. The first-order valence-electron chi connectivity index (χ1n) is 22.8. The van der Waals surface area contributed by atoms with Gasteiger partial charge in [0.2, 0.25) is 11.8 Å². The van der Waals surface area contributed by atoms with E-state index in [1.165, 1.54) is 6.42 Å². The number of hydrogen-bond acceptors (Lipinski definition) is 7. The summed E-state index contributed by atoms with van der Waals surface area (Å²) in [6.07, 6.45) is 11.9. The molecule has 2 aromatic heterocycles. The van der Waals surface area contributed by atoms with E-state index in [0.717, 1.165) is 116 Å². The summed E-state index contributed by atoms with van der Waals surface area (Å²) >= 11 is 0. The number of carbonyl (C=O) groups is 3. The summed E-state index contributed by atoms with van der Waals surface area (Å²) in [6.45, 7) is 10.0. The van der Waals surface area contributed by atoms with Gasteiger partial charge in [0.05, 0.1) is 35.9 Å². The van der Waals surface area contributed by atoms with E-state index in [1.807, 2.05) is 56.3 Å². The van der Waals surface area contributed by atoms with E-state index in [0.29, 0.717) is 25.9 Å². The van der Waals surface area contributed by atoms with Gasteiger partial charge >= 0.3 is 6.09 Å². The Morgan fingerprint density at radius 2 is 1.13 bits per heavy atom. The predicted octanol–water partition coefficient (Wildman–Crippen LogP) is 9.34. The Hall–Kier alpha value is -5.75. The number of ether oxygens (including phenoxy) is 1. The number of amides is 3. The van der Waals surface area contributed by atoms with Crippen molar-refractivity contribution < 1.29 is 19.1 Å². The van der Waals surface area contributed by atoms with Gasteiger partial charge in [-0.1, -0.05) is 85.3 Å². The fourth-order valence-electron chi connectivity index (χ4n) is 9.97. The van der Waals surface area contributed by atoms with Crippen LogP contribution in [0.15, 0.2) is 91.3 Å². The van der Waals surface area contributed by atoms with E-state index in [2.05, 4.69) is 80.4 Å². The number of hydrogen-bond donors (Lipinski definition) is 2. The molecule has 4 saturated heterocycles. The number of carbonyl (C=O) groups excluding carboxylic acids is 3. The van der Waals surface area contributed by atoms with Crippen molar-refractivity contribution in [2.24, 2.45) is 5.92 Å². The first-order chi connectivity index (χ1) is 30.1. The second kappa shape index (κ2) is 17.9. The fraction of sp³-hybridized carbons (Fsp3) is 0.460. The monoisotopic (exact) mass is 836 g/mol. The molecule has 4 aliphatic heterocycles. The summed E-state index contributed by atoms with van der Waals surface area (Å²) in [6, 6.07) is 26.9. The number of aromatic nitrogens is 4. The molecule has 1 unspecified atom stereocenters. The number of nitrogens with zero attached hydrogens (tertiary/aromatic N) is 6. The molecule has 0 radical (unpaired) electrons. The lowest BCUT2D eigenvalue weighted by Crippen LogP contribution is -2.45. The van der Waals surface area contributed by atoms with Crippen LogP contribution in [-0.2, 0) is 14.3 Å². The van der Waals surface area contributed by atoms with Gasteiger partial charge in [0.15, 0.2) is 0 Å². The Balaban J connectivity index is 0.821. The SMILES string of the molecule is CC(C)(C)OC(=O)N1CCC(C(=O)N2CCC[C@H]2c2ncc(-c3ccc(-c4ccc(-c5cnc([C@@H]6CCCN6C(=O)C(c6ccccc6)N6CCCCC6)[nH]5)cc4)cc3)[nH]2)CC1. The summed E-state index contributed by atoms with van der Waals surface area (Å²) in [7, 11) is 0. The zero-order chi connectivity index (χ0) is 42.8. The third-order valence-electron chi connectivity index (χ3n) is 13.2. The van der Waals surface area contributed by atoms with Gasteiger partial charge in [0.1, 0.15) is 23.3 Å². The Bertz CT molecular complexity index is 2320. The van der Waals surface area contributed by atoms with Crippen LogP contribution in [-0.4, -0.2) is 102 Å². The maximum Gasteiger partial charge on any atom is 0.410 e. The number of aromatic amines is 2. The quantitative estimate of drug-likeness (QED) is 0.151. The number of H-pyrrole nitrogens is 2. The van der Waals surface area contributed by atoms with Crippen molar-refractivity contribution in [3.05, 3.63) is 108 Å². The van der Waals surface area contributed by atoms with Crippen LogP contribution < -0.4 is 0 Å². The Kier molecular flexibility index (Phi) is 12.0. The molecule has 2 N–H and O–H groups in total. The highest BCUT2D eigenvalue weighted by Crippen LogP contribution is 2.38. The molecule has 3 amide bonds. The number of benzene rings is 3. The molecule has 3 aromatic carbocycles. The van der Waals surface area contributed by atoms with Crippen molar-refractivity contribution in [3.8, 4) is 33.6 Å². The molecule has 62 heavy (non-hydrogen) atoms. The van der Waals surface area contributed by atoms with Gasteiger partial charge in [0.25, 0.3) is 0 Å². The van der Waals surface area contributed by atoms with Crippen molar-refractivity contribution in [3.63, 3.8) is 0 Å². The minimum absolute atomic E-state index is 0.0717. The van der Waals surface area contributed by atoms with Gasteiger partial charge in [0, 0.05) is 32.1 Å². The molecule has 5 aromatic rings. The topological polar surface area (TPSA) is 131 Å². The van der Waals surface area contributed by atoms with Gasteiger partial charge in [-0.25, -0.2) is 14.8 Å². The third kappa shape index (κ3) is 8.93. The Morgan fingerprint density at radius 1 is 0.613 bits per heavy atom. The minimum atomic E-state index is -0.540. The standard InChI is InChI=1S/C50H60N8O4/c1-50(2,3)62-49(61)56-30-24-39(25-31-56)47(59)57-28-10-14-42(57)45-51-32-40(53-45)36-20-16-34(17-21-36)35-18-22-37(23-19-35)41-33-52-46(54-41)43-15-11-29-58(43)48(60)44(38-12-6-4-7-13-38)55-26-8-5-9-27-55/h4,6-7,12-13,16-23,32-33,39,42-44H,5,8-11,14-15,24-31H2,1-3H3,(H,51,53)(H,52,54)/t42-,43-,44?/m0/s1. The zero-order valence-electron chi connectivity index (χ0n) is 36.4. The molecule has 0 spiro atoms. The molecule has 324 valence electrons. The van der Waals surface area contributed by atoms with Gasteiger partial charge in [-0.15, -0.1) is 0 Å². The first kappa shape index (κ1) is 41.6. The van der Waals surface area contributed by atoms with Crippen LogP contribution in [0.2, 0.25) is 0 Å². The second-order valence-corrected chi connectivity index (χ2v) is 18.5. The molecule has 4 fully saturated rings. The zero-order valence-corrected chi connectivity index (χ0v) is 36.4. The molecule has 3 atom stereocenters. The molecular formula is C50H60N8O4. The summed E-state index contributed by atoms with van der Waals surface area (Å²) in [5.41, 5.74) is 6.70. The number of rotatable bonds is 9. The molecule has 12 nitrogen and oxygen atoms in total. The lowest BCUT2D eigenvalue weighted by atomic mass is 9.95. The highest BCUT2D eigenvalue weighted by molar-refractivity contribution is 5.84. The van der Waals surface area contributed by atoms with E-state index in [9.17, 15) is 14.4 Å². The molecule has 4 aliphatic rings. The van der Waals surface area contributed by atoms with E-state index in [4.69, 9.17) is 14.7 Å². The molecule has 9 rings (SSSR count). The van der Waals surface area contributed by atoms with Crippen molar-refractivity contribution in [2.75, 3.05) is 39.3 Å². The van der Waals surface area contributed by atoms with Gasteiger partial charge in [-0.2, -0.15) is 0 Å². The second-order valence-electron chi connectivity index (χ2n) is 18.5. The third-order valence-corrected chi connectivity index (χ3v) is 13.2. The van der Waals surface area contributed by atoms with E-state index < -0.39 is 5.60 Å². The van der Waals surface area contributed by atoms with E-state index in [-0.39, 0.29) is 42.0 Å². The number of likely N-dealkylation sites (tertiary alicyclic amines) is 4. The highest BCUT2D eigenvalue weighted by Gasteiger charge is 2.40. The highest BCUT2D eigenvalue weighted by atomic mass is 16.6. The van der Waals surface area contributed by atoms with Gasteiger partial charge < -0.3 is 29.4 Å². The van der Waals surface area contributed by atoms with Gasteiger partial charge in [-0.05, 0) is 113 Å². The normalized spacial score (nSPS) is 20.7. The van der Waals surface area contributed by atoms with Crippen LogP contribution in [0.25, 0.3) is 33.6 Å². The summed E-state index contributed by atoms with van der Waals surface area (Å²) < 4.78 is 5.55. The van der Waals surface area contributed by atoms with Gasteiger partial charge in [-0.3, -0.25) is 14.5 Å². The smallest absolute Gasteiger partial charge is 0.410 e. The van der Waals surface area contributed by atoms with Crippen LogP contribution in [0, 0.1) is 5.92 Å². The van der Waals surface area contributed by atoms with E-state index in [1.54, 1.807) is 4.90 Å². The molecule has 0 saturated carbocycles. The van der Waals surface area contributed by atoms with Crippen LogP contribution in [0.5, 0.6) is 0 Å². The predicted molar refractivity (Wildman–Crippen MR) is 240 cm³/mol. The summed E-state index contributed by atoms with van der Waals surface area (Å²) in [4.78, 5) is 65.6. The summed E-state index contributed by atoms with van der Waals surface area (Å²) in [5.74, 6) is 1.90. The molecule has 6 heterocycles. The lowest BCUT2D eigenvalue weighted by molar-refractivity contribution is -0.139. The number of imidazole rings is 2. The van der Waals surface area contributed by atoms with Crippen LogP contribution in [0.4, 0.5) is 4.79 Å². The van der Waals surface area contributed by atoms with E-state index >= 15 is 0 Å². The van der Waals surface area contributed by atoms with Crippen molar-refractivity contribution in [1.82, 2.24) is 39.5 Å². The molecule has 0 aliphatic carbocycles. The first-order valence-corrected chi connectivity index (χ1v) is 22.8. The lowest BCUT2D eigenvalue weighted by Gasteiger charge is -2.37. The number of nitrogens with one attached hydrogen (secondary N) is 2. The Morgan fingerprint density at radius 3 is 1.68 bits per heavy atom. The van der Waals surface area contributed by atoms with Crippen LogP contribution in [0.1, 0.15) is 114 Å². The van der Waals surface area contributed by atoms with Crippen LogP contribution >= 0.6 is 0 Å². The average molecular weight is 837 g/mol. The van der Waals surface area contributed by atoms with Crippen molar-refractivity contribution >= 4 is 17.9 Å². The minimum Gasteiger partial charge on any atom is -0.444 e. The summed E-state index contributed by atoms with van der Waals surface area (Å²) in [5, 5.41) is 0. The van der Waals surface area contributed by atoms with Crippen molar-refractivity contribution in [1.29, 1.82) is 0 Å². The average Bonchev–Trinajstić information content (AvgIpc) is 4.14. The fourth-order valence-corrected chi connectivity index (χ4v) is 9.97. The van der Waals surface area contributed by atoms with Crippen molar-refractivity contribution in [2.45, 2.75) is 102 Å². The maximum atomic E-state index is 14.4. The Labute approximate surface area is 365 Å².